The molecule has 0 aliphatic carbocycles. The summed E-state index contributed by atoms with van der Waals surface area (Å²) in [4.78, 5) is 0. The van der Waals surface area contributed by atoms with Crippen molar-refractivity contribution in [1.82, 2.24) is 6.15 Å². The predicted molar refractivity (Wildman–Crippen MR) is 68.7 cm³/mol. The molecule has 108 valence electrons. The summed E-state index contributed by atoms with van der Waals surface area (Å²) in [6.45, 7) is 4.16. The van der Waals surface area contributed by atoms with E-state index in [-0.39, 0.29) is 19.4 Å². The molecule has 0 aromatic rings. The highest BCUT2D eigenvalue weighted by molar-refractivity contribution is 7.80. The maximum absolute atomic E-state index is 10.1. The van der Waals surface area contributed by atoms with E-state index in [1.165, 1.54) is 19.3 Å². The second-order valence-electron chi connectivity index (χ2n) is 3.33. The van der Waals surface area contributed by atoms with Crippen molar-refractivity contribution in [1.29, 1.82) is 0 Å². The van der Waals surface area contributed by atoms with Crippen LogP contribution in [-0.4, -0.2) is 31.3 Å². The maximum atomic E-state index is 10.1. The Hall–Kier alpha value is -0.210. The molecule has 0 rings (SSSR count). The third-order valence-electron chi connectivity index (χ3n) is 1.73. The molecule has 0 heterocycles. The van der Waals surface area contributed by atoms with Crippen LogP contribution in [0.25, 0.3) is 0 Å². The van der Waals surface area contributed by atoms with Crippen molar-refractivity contribution in [3.63, 3.8) is 0 Å². The monoisotopic (exact) mass is 273 g/mol. The molecule has 17 heavy (non-hydrogen) atoms. The quantitative estimate of drug-likeness (QED) is 0.461. The molecule has 0 saturated carbocycles. The Morgan fingerprint density at radius 2 is 1.41 bits per heavy atom. The van der Waals surface area contributed by atoms with E-state index >= 15 is 0 Å². The van der Waals surface area contributed by atoms with E-state index in [0.29, 0.717) is 6.42 Å². The zero-order valence-electron chi connectivity index (χ0n) is 10.9. The lowest BCUT2D eigenvalue weighted by atomic mass is 10.1. The molecule has 5 N–H and O–H groups in total. The first-order valence-corrected chi connectivity index (χ1v) is 7.07. The van der Waals surface area contributed by atoms with Gasteiger partial charge in [0.05, 0.1) is 6.61 Å². The lowest BCUT2D eigenvalue weighted by Gasteiger charge is -2.00. The average Bonchev–Trinajstić information content (AvgIpc) is 2.16. The molecule has 0 aliphatic heterocycles. The predicted octanol–water partition coefficient (Wildman–Crippen LogP) is 2.33. The first-order chi connectivity index (χ1) is 7.47. The van der Waals surface area contributed by atoms with Crippen LogP contribution in [0.5, 0.6) is 0 Å². The SMILES string of the molecule is CCCCCCCCOS(=O)(=O)O.CCO.N. The molecule has 0 aromatic heterocycles. The zero-order chi connectivity index (χ0) is 12.9. The van der Waals surface area contributed by atoms with Crippen LogP contribution in [-0.2, 0) is 14.6 Å². The normalized spacial score (nSPS) is 10.1. The van der Waals surface area contributed by atoms with Crippen molar-refractivity contribution in [3.05, 3.63) is 0 Å². The highest BCUT2D eigenvalue weighted by atomic mass is 32.3. The number of hydrogen-bond donors (Lipinski definition) is 3. The van der Waals surface area contributed by atoms with Crippen molar-refractivity contribution in [2.24, 2.45) is 0 Å². The van der Waals surface area contributed by atoms with Gasteiger partial charge in [-0.05, 0) is 13.3 Å². The zero-order valence-corrected chi connectivity index (χ0v) is 11.7. The van der Waals surface area contributed by atoms with Crippen LogP contribution in [0.15, 0.2) is 0 Å². The van der Waals surface area contributed by atoms with Gasteiger partial charge in [0, 0.05) is 6.61 Å². The van der Waals surface area contributed by atoms with Gasteiger partial charge in [-0.25, -0.2) is 4.18 Å². The average molecular weight is 273 g/mol. The topological polar surface area (TPSA) is 119 Å². The van der Waals surface area contributed by atoms with E-state index in [1.807, 2.05) is 0 Å². The van der Waals surface area contributed by atoms with Crippen molar-refractivity contribution >= 4 is 10.4 Å². The Labute approximate surface area is 105 Å². The second kappa shape index (κ2) is 15.8. The molecule has 6 nitrogen and oxygen atoms in total. The lowest BCUT2D eigenvalue weighted by molar-refractivity contribution is 0.261. The molecule has 7 heteroatoms. The van der Waals surface area contributed by atoms with Crippen molar-refractivity contribution in [2.75, 3.05) is 13.2 Å². The summed E-state index contributed by atoms with van der Waals surface area (Å²) in [5, 5.41) is 7.57. The molecule has 0 spiro atoms. The minimum absolute atomic E-state index is 0. The highest BCUT2D eigenvalue weighted by Gasteiger charge is 2.02. The van der Waals surface area contributed by atoms with Crippen molar-refractivity contribution in [3.8, 4) is 0 Å². The second-order valence-corrected chi connectivity index (χ2v) is 4.42. The summed E-state index contributed by atoms with van der Waals surface area (Å²) in [6.07, 6.45) is 6.34. The Kier molecular flexibility index (Phi) is 20.4. The molecule has 0 fully saturated rings. The van der Waals surface area contributed by atoms with Gasteiger partial charge in [-0.3, -0.25) is 4.55 Å². The molecule has 0 unspecified atom stereocenters. The summed E-state index contributed by atoms with van der Waals surface area (Å²) in [5.74, 6) is 0. The van der Waals surface area contributed by atoms with Crippen LogP contribution in [0, 0.1) is 0 Å². The number of aliphatic hydroxyl groups is 1. The van der Waals surface area contributed by atoms with Crippen LogP contribution in [0.3, 0.4) is 0 Å². The van der Waals surface area contributed by atoms with Crippen molar-refractivity contribution in [2.45, 2.75) is 52.4 Å². The van der Waals surface area contributed by atoms with Gasteiger partial charge in [0.1, 0.15) is 0 Å². The molecule has 0 amide bonds. The fourth-order valence-corrected chi connectivity index (χ4v) is 1.38. The molecule has 0 radical (unpaired) electrons. The molecule has 0 bridgehead atoms. The van der Waals surface area contributed by atoms with Gasteiger partial charge in [-0.2, -0.15) is 8.42 Å². The van der Waals surface area contributed by atoms with Gasteiger partial charge in [0.15, 0.2) is 0 Å². The van der Waals surface area contributed by atoms with Crippen LogP contribution in [0.2, 0.25) is 0 Å². The van der Waals surface area contributed by atoms with E-state index in [4.69, 9.17) is 9.66 Å². The molecule has 0 atom stereocenters. The van der Waals surface area contributed by atoms with Gasteiger partial charge in [0.25, 0.3) is 0 Å². The van der Waals surface area contributed by atoms with Crippen LogP contribution in [0.4, 0.5) is 0 Å². The fourth-order valence-electron chi connectivity index (χ4n) is 1.05. The lowest BCUT2D eigenvalue weighted by Crippen LogP contribution is -2.04. The van der Waals surface area contributed by atoms with E-state index < -0.39 is 10.4 Å². The van der Waals surface area contributed by atoms with Gasteiger partial charge in [0.2, 0.25) is 0 Å². The van der Waals surface area contributed by atoms with Gasteiger partial charge in [-0.15, -0.1) is 0 Å². The van der Waals surface area contributed by atoms with E-state index in [9.17, 15) is 8.42 Å². The van der Waals surface area contributed by atoms with E-state index in [1.54, 1.807) is 6.92 Å². The number of hydrogen-bond acceptors (Lipinski definition) is 5. The summed E-state index contributed by atoms with van der Waals surface area (Å²) in [7, 11) is -4.22. The van der Waals surface area contributed by atoms with Gasteiger partial charge < -0.3 is 11.3 Å². The smallest absolute Gasteiger partial charge is 0.397 e. The summed E-state index contributed by atoms with van der Waals surface area (Å²) >= 11 is 0. The standard InChI is InChI=1S/C8H18O4S.C2H6O.H3N/c1-2-3-4-5-6-7-8-12-13(9,10)11;1-2-3;/h2-8H2,1H3,(H,9,10,11);3H,2H2,1H3;1H3. The Balaban J connectivity index is -0.000000440. The summed E-state index contributed by atoms with van der Waals surface area (Å²) < 4.78 is 32.6. The first-order valence-electron chi connectivity index (χ1n) is 5.70. The number of rotatable bonds is 8. The van der Waals surface area contributed by atoms with E-state index in [0.717, 1.165) is 12.8 Å². The molecular weight excluding hydrogens is 246 g/mol. The van der Waals surface area contributed by atoms with Crippen LogP contribution in [0.1, 0.15) is 52.4 Å². The number of unbranched alkanes of at least 4 members (excludes halogenated alkanes) is 5. The van der Waals surface area contributed by atoms with Gasteiger partial charge in [-0.1, -0.05) is 39.0 Å². The largest absolute Gasteiger partial charge is 0.397 e. The van der Waals surface area contributed by atoms with E-state index in [2.05, 4.69) is 11.1 Å². The summed E-state index contributed by atoms with van der Waals surface area (Å²) in [5.41, 5.74) is 0. The maximum Gasteiger partial charge on any atom is 0.397 e. The minimum Gasteiger partial charge on any atom is -0.397 e. The van der Waals surface area contributed by atoms with Gasteiger partial charge >= 0.3 is 10.4 Å². The minimum atomic E-state index is -4.22. The molecule has 0 aromatic carbocycles. The first kappa shape index (κ1) is 22.0. The number of aliphatic hydroxyl groups excluding tert-OH is 1. The van der Waals surface area contributed by atoms with Crippen LogP contribution >= 0.6 is 0 Å². The molecular formula is C10H27NO5S. The third-order valence-corrected chi connectivity index (χ3v) is 2.19. The highest BCUT2D eigenvalue weighted by Crippen LogP contribution is 2.05. The Bertz CT molecular complexity index is 219. The summed E-state index contributed by atoms with van der Waals surface area (Å²) in [6, 6.07) is 0. The molecule has 0 aliphatic rings. The molecule has 0 saturated heterocycles. The van der Waals surface area contributed by atoms with Crippen LogP contribution < -0.4 is 6.15 Å². The third kappa shape index (κ3) is 31.3. The fraction of sp³-hybridized carbons (Fsp3) is 1.00. The Morgan fingerprint density at radius 3 is 1.82 bits per heavy atom. The van der Waals surface area contributed by atoms with Crippen molar-refractivity contribution < 1.29 is 22.3 Å². The Morgan fingerprint density at radius 1 is 1.00 bits per heavy atom.